The molecule has 0 aliphatic heterocycles. The maximum atomic E-state index is 12.0. The zero-order chi connectivity index (χ0) is 13.8. The summed E-state index contributed by atoms with van der Waals surface area (Å²) < 4.78 is 23.8. The second-order valence-corrected chi connectivity index (χ2v) is 7.11. The van der Waals surface area contributed by atoms with Crippen molar-refractivity contribution in [3.05, 3.63) is 34.9 Å². The van der Waals surface area contributed by atoms with Crippen LogP contribution in [0.4, 0.5) is 0 Å². The molecule has 0 saturated carbocycles. The van der Waals surface area contributed by atoms with E-state index in [4.69, 9.17) is 11.6 Å². The Labute approximate surface area is 113 Å². The summed E-state index contributed by atoms with van der Waals surface area (Å²) in [5.41, 5.74) is 0.381. The summed E-state index contributed by atoms with van der Waals surface area (Å²) in [6.45, 7) is 3.36. The van der Waals surface area contributed by atoms with Crippen molar-refractivity contribution in [2.45, 2.75) is 31.9 Å². The normalized spacial score (nSPS) is 13.3. The molecule has 0 aliphatic carbocycles. The van der Waals surface area contributed by atoms with Gasteiger partial charge in [-0.15, -0.1) is 0 Å². The number of sulfone groups is 1. The molecule has 0 saturated heterocycles. The third-order valence-electron chi connectivity index (χ3n) is 2.82. The van der Waals surface area contributed by atoms with Crippen LogP contribution in [0.15, 0.2) is 24.3 Å². The molecule has 0 aromatic heterocycles. The molecule has 0 heterocycles. The molecule has 0 N–H and O–H groups in total. The molecular formula is C13H17ClO3S. The zero-order valence-electron chi connectivity index (χ0n) is 10.5. The van der Waals surface area contributed by atoms with Crippen molar-refractivity contribution in [2.24, 2.45) is 0 Å². The van der Waals surface area contributed by atoms with E-state index in [1.165, 1.54) is 6.92 Å². The van der Waals surface area contributed by atoms with E-state index in [2.05, 4.69) is 0 Å². The largest absolute Gasteiger partial charge is 0.293 e. The predicted octanol–water partition coefficient (Wildman–Crippen LogP) is 3.13. The molecule has 1 unspecified atom stereocenters. The smallest absolute Gasteiger partial charge is 0.180 e. The lowest BCUT2D eigenvalue weighted by atomic mass is 10.1. The van der Waals surface area contributed by atoms with Gasteiger partial charge in [-0.2, -0.15) is 0 Å². The highest BCUT2D eigenvalue weighted by molar-refractivity contribution is 7.92. The second kappa shape index (κ2) is 6.34. The highest BCUT2D eigenvalue weighted by Crippen LogP contribution is 2.15. The fourth-order valence-corrected chi connectivity index (χ4v) is 3.17. The Morgan fingerprint density at radius 1 is 1.28 bits per heavy atom. The minimum Gasteiger partial charge on any atom is -0.293 e. The van der Waals surface area contributed by atoms with Crippen LogP contribution in [0.1, 0.15) is 37.0 Å². The number of benzene rings is 1. The van der Waals surface area contributed by atoms with Crippen LogP contribution in [0, 0.1) is 0 Å². The zero-order valence-corrected chi connectivity index (χ0v) is 12.1. The Morgan fingerprint density at radius 2 is 1.83 bits per heavy atom. The van der Waals surface area contributed by atoms with E-state index in [1.807, 2.05) is 6.92 Å². The van der Waals surface area contributed by atoms with Crippen molar-refractivity contribution in [1.29, 1.82) is 0 Å². The molecular weight excluding hydrogens is 272 g/mol. The number of Topliss-reactive ketones (excluding diaryl/α,β-unsaturated/α-hetero) is 1. The van der Waals surface area contributed by atoms with Crippen LogP contribution in [0.3, 0.4) is 0 Å². The Kier molecular flexibility index (Phi) is 5.35. The molecule has 5 heteroatoms. The molecule has 1 rings (SSSR count). The number of rotatable bonds is 6. The molecule has 1 atom stereocenters. The van der Waals surface area contributed by atoms with Crippen LogP contribution in [0.2, 0.25) is 5.02 Å². The van der Waals surface area contributed by atoms with Gasteiger partial charge in [0.2, 0.25) is 0 Å². The minimum atomic E-state index is -3.36. The number of halogens is 1. The van der Waals surface area contributed by atoms with Gasteiger partial charge < -0.3 is 0 Å². The van der Waals surface area contributed by atoms with E-state index in [0.717, 1.165) is 6.42 Å². The van der Waals surface area contributed by atoms with Gasteiger partial charge in [0.15, 0.2) is 15.6 Å². The van der Waals surface area contributed by atoms with Crippen LogP contribution < -0.4 is 0 Å². The first-order chi connectivity index (χ1) is 8.38. The maximum Gasteiger partial charge on any atom is 0.180 e. The molecule has 1 aromatic rings. The first kappa shape index (κ1) is 15.2. The quantitative estimate of drug-likeness (QED) is 0.756. The van der Waals surface area contributed by atoms with E-state index >= 15 is 0 Å². The van der Waals surface area contributed by atoms with E-state index in [0.29, 0.717) is 17.0 Å². The molecule has 0 bridgehead atoms. The van der Waals surface area contributed by atoms with Gasteiger partial charge in [-0.3, -0.25) is 4.79 Å². The fourth-order valence-electron chi connectivity index (χ4n) is 1.53. The molecule has 0 aliphatic rings. The molecule has 100 valence electrons. The molecule has 0 radical (unpaired) electrons. The Hall–Kier alpha value is -0.870. The molecule has 0 amide bonds. The first-order valence-corrected chi connectivity index (χ1v) is 7.99. The molecule has 18 heavy (non-hydrogen) atoms. The summed E-state index contributed by atoms with van der Waals surface area (Å²) in [4.78, 5) is 12.0. The Balaban J connectivity index is 2.87. The van der Waals surface area contributed by atoms with Crippen molar-refractivity contribution in [2.75, 3.05) is 5.75 Å². The average Bonchev–Trinajstić information content (AvgIpc) is 2.35. The lowest BCUT2D eigenvalue weighted by Gasteiger charge is -2.11. The number of unbranched alkanes of at least 4 members (excludes halogenated alkanes) is 1. The average molecular weight is 289 g/mol. The van der Waals surface area contributed by atoms with E-state index in [-0.39, 0.29) is 11.5 Å². The van der Waals surface area contributed by atoms with E-state index < -0.39 is 15.1 Å². The monoisotopic (exact) mass is 288 g/mol. The Bertz CT molecular complexity index is 506. The van der Waals surface area contributed by atoms with Gasteiger partial charge in [-0.25, -0.2) is 8.42 Å². The molecule has 1 aromatic carbocycles. The second-order valence-electron chi connectivity index (χ2n) is 4.23. The summed E-state index contributed by atoms with van der Waals surface area (Å²) in [7, 11) is -3.36. The van der Waals surface area contributed by atoms with Gasteiger partial charge in [-0.05, 0) is 37.6 Å². The summed E-state index contributed by atoms with van der Waals surface area (Å²) in [6.07, 6.45) is 1.38. The van der Waals surface area contributed by atoms with Crippen molar-refractivity contribution >= 4 is 27.2 Å². The van der Waals surface area contributed by atoms with Gasteiger partial charge >= 0.3 is 0 Å². The van der Waals surface area contributed by atoms with Gasteiger partial charge in [0.05, 0.1) is 5.75 Å². The highest BCUT2D eigenvalue weighted by Gasteiger charge is 2.27. The van der Waals surface area contributed by atoms with Gasteiger partial charge in [0, 0.05) is 10.6 Å². The van der Waals surface area contributed by atoms with Gasteiger partial charge in [0.1, 0.15) is 5.25 Å². The number of hydrogen-bond acceptors (Lipinski definition) is 3. The number of carbonyl (C=O) groups excluding carboxylic acids is 1. The van der Waals surface area contributed by atoms with Crippen LogP contribution >= 0.6 is 11.6 Å². The third kappa shape index (κ3) is 3.82. The van der Waals surface area contributed by atoms with Crippen LogP contribution in [-0.2, 0) is 9.84 Å². The molecule has 0 spiro atoms. The highest BCUT2D eigenvalue weighted by atomic mass is 35.5. The van der Waals surface area contributed by atoms with Gasteiger partial charge in [-0.1, -0.05) is 24.9 Å². The van der Waals surface area contributed by atoms with Crippen LogP contribution in [0.5, 0.6) is 0 Å². The van der Waals surface area contributed by atoms with Crippen molar-refractivity contribution < 1.29 is 13.2 Å². The van der Waals surface area contributed by atoms with E-state index in [1.54, 1.807) is 24.3 Å². The van der Waals surface area contributed by atoms with Crippen LogP contribution in [0.25, 0.3) is 0 Å². The predicted molar refractivity (Wildman–Crippen MR) is 73.9 cm³/mol. The first-order valence-electron chi connectivity index (χ1n) is 5.90. The summed E-state index contributed by atoms with van der Waals surface area (Å²) >= 11 is 5.72. The SMILES string of the molecule is CCCCS(=O)(=O)C(C)C(=O)c1ccc(Cl)cc1. The standard InChI is InChI=1S/C13H17ClO3S/c1-3-4-9-18(16,17)10(2)13(15)11-5-7-12(14)8-6-11/h5-8,10H,3-4,9H2,1-2H3. The lowest BCUT2D eigenvalue weighted by molar-refractivity contribution is 0.0991. The number of ketones is 1. The summed E-state index contributed by atoms with van der Waals surface area (Å²) in [6, 6.07) is 6.27. The van der Waals surface area contributed by atoms with Crippen molar-refractivity contribution in [3.63, 3.8) is 0 Å². The molecule has 3 nitrogen and oxygen atoms in total. The van der Waals surface area contributed by atoms with Crippen molar-refractivity contribution in [1.82, 2.24) is 0 Å². The summed E-state index contributed by atoms with van der Waals surface area (Å²) in [5.74, 6) is -0.313. The lowest BCUT2D eigenvalue weighted by Crippen LogP contribution is -2.29. The maximum absolute atomic E-state index is 12.0. The van der Waals surface area contributed by atoms with Crippen LogP contribution in [-0.4, -0.2) is 25.2 Å². The number of hydrogen-bond donors (Lipinski definition) is 0. The number of carbonyl (C=O) groups is 1. The Morgan fingerprint density at radius 3 is 2.33 bits per heavy atom. The van der Waals surface area contributed by atoms with Gasteiger partial charge in [0.25, 0.3) is 0 Å². The minimum absolute atomic E-state index is 0.0595. The third-order valence-corrected chi connectivity index (χ3v) is 5.22. The topological polar surface area (TPSA) is 51.2 Å². The molecule has 0 fully saturated rings. The summed E-state index contributed by atoms with van der Waals surface area (Å²) in [5, 5.41) is -0.474. The fraction of sp³-hybridized carbons (Fsp3) is 0.462. The van der Waals surface area contributed by atoms with Crippen molar-refractivity contribution in [3.8, 4) is 0 Å². The van der Waals surface area contributed by atoms with E-state index in [9.17, 15) is 13.2 Å².